The van der Waals surface area contributed by atoms with Gasteiger partial charge in [0.1, 0.15) is 29.7 Å². The Morgan fingerprint density at radius 1 is 1.29 bits per heavy atom. The number of imidazole rings is 1. The van der Waals surface area contributed by atoms with Crippen LogP contribution in [0.3, 0.4) is 0 Å². The van der Waals surface area contributed by atoms with Crippen molar-refractivity contribution in [3.05, 3.63) is 52.6 Å². The van der Waals surface area contributed by atoms with Gasteiger partial charge in [-0.1, -0.05) is 6.08 Å². The van der Waals surface area contributed by atoms with Gasteiger partial charge in [0, 0.05) is 3.57 Å². The van der Waals surface area contributed by atoms with Crippen LogP contribution < -0.4 is 15.3 Å². The lowest BCUT2D eigenvalue weighted by Crippen LogP contribution is -2.35. The van der Waals surface area contributed by atoms with E-state index in [0.717, 1.165) is 3.57 Å². The number of anilines is 1. The quantitative estimate of drug-likeness (QED) is 0.161. The number of rotatable bonds is 9. The molecule has 4 atom stereocenters. The van der Waals surface area contributed by atoms with Gasteiger partial charge in [0.25, 0.3) is 0 Å². The zero-order valence-electron chi connectivity index (χ0n) is 18.2. The molecule has 0 bridgehead atoms. The summed E-state index contributed by atoms with van der Waals surface area (Å²) in [5, 5.41) is 2.61. The standard InChI is InChI=1S/C20H22IN6O6P/c1-12(20(28)30-2)26-34(29,33-14-5-3-13(21)4-6-14)31-9-15-7-8-16(32-15)27-11-25-17-18(22)23-10-24-19(17)27/h3-8,10-12,15-16H,9H2,1-2H3,(H,26,29)(H2,22,23,24). The van der Waals surface area contributed by atoms with E-state index in [-0.39, 0.29) is 12.4 Å². The number of ether oxygens (including phenoxy) is 2. The van der Waals surface area contributed by atoms with Crippen LogP contribution in [0.15, 0.2) is 49.1 Å². The summed E-state index contributed by atoms with van der Waals surface area (Å²) in [6.07, 6.45) is 5.39. The van der Waals surface area contributed by atoms with Crippen molar-refractivity contribution in [2.45, 2.75) is 25.3 Å². The molecule has 0 amide bonds. The summed E-state index contributed by atoms with van der Waals surface area (Å²) in [6.45, 7) is 1.39. The Kier molecular flexibility index (Phi) is 7.48. The van der Waals surface area contributed by atoms with Crippen molar-refractivity contribution in [2.75, 3.05) is 19.5 Å². The van der Waals surface area contributed by atoms with Gasteiger partial charge in [-0.25, -0.2) is 19.5 Å². The summed E-state index contributed by atoms with van der Waals surface area (Å²) in [4.78, 5) is 24.2. The summed E-state index contributed by atoms with van der Waals surface area (Å²) in [6, 6.07) is 5.96. The molecule has 180 valence electrons. The molecule has 0 fully saturated rings. The Labute approximate surface area is 208 Å². The molecule has 14 heteroatoms. The third-order valence-corrected chi connectivity index (χ3v) is 7.18. The van der Waals surface area contributed by atoms with Crippen LogP contribution in [0.5, 0.6) is 5.75 Å². The molecule has 4 rings (SSSR count). The lowest BCUT2D eigenvalue weighted by atomic mass is 10.3. The summed E-state index contributed by atoms with van der Waals surface area (Å²) >= 11 is 2.14. The average Bonchev–Trinajstić information content (AvgIpc) is 3.46. The van der Waals surface area contributed by atoms with Gasteiger partial charge in [0.15, 0.2) is 17.7 Å². The third kappa shape index (κ3) is 5.55. The second-order valence-corrected chi connectivity index (χ2v) is 10.2. The number of halogens is 1. The number of hydrogen-bond donors (Lipinski definition) is 2. The van der Waals surface area contributed by atoms with E-state index < -0.39 is 32.1 Å². The van der Waals surface area contributed by atoms with Crippen LogP contribution in [0, 0.1) is 3.57 Å². The van der Waals surface area contributed by atoms with E-state index in [4.69, 9.17) is 24.3 Å². The van der Waals surface area contributed by atoms with Gasteiger partial charge in [0.2, 0.25) is 0 Å². The summed E-state index contributed by atoms with van der Waals surface area (Å²) in [5.41, 5.74) is 6.83. The van der Waals surface area contributed by atoms with Crippen LogP contribution in [-0.4, -0.2) is 51.4 Å². The van der Waals surface area contributed by atoms with Gasteiger partial charge in [0.05, 0.1) is 20.0 Å². The summed E-state index contributed by atoms with van der Waals surface area (Å²) in [7, 11) is -2.74. The van der Waals surface area contributed by atoms with Gasteiger partial charge < -0.3 is 19.7 Å². The van der Waals surface area contributed by atoms with Crippen molar-refractivity contribution in [1.29, 1.82) is 0 Å². The molecule has 12 nitrogen and oxygen atoms in total. The average molecular weight is 600 g/mol. The van der Waals surface area contributed by atoms with E-state index in [1.807, 2.05) is 0 Å². The van der Waals surface area contributed by atoms with E-state index in [1.54, 1.807) is 47.3 Å². The molecule has 3 N–H and O–H groups in total. The Bertz CT molecular complexity index is 1250. The Balaban J connectivity index is 1.45. The number of carbonyl (C=O) groups is 1. The minimum absolute atomic E-state index is 0.112. The van der Waals surface area contributed by atoms with Gasteiger partial charge in [-0.15, -0.1) is 0 Å². The van der Waals surface area contributed by atoms with Crippen LogP contribution in [0.4, 0.5) is 5.82 Å². The number of fused-ring (bicyclic) bond motifs is 1. The monoisotopic (exact) mass is 600 g/mol. The molecule has 0 spiro atoms. The Morgan fingerprint density at radius 3 is 2.79 bits per heavy atom. The molecule has 34 heavy (non-hydrogen) atoms. The van der Waals surface area contributed by atoms with Crippen molar-refractivity contribution < 1.29 is 27.9 Å². The molecule has 0 aliphatic carbocycles. The highest BCUT2D eigenvalue weighted by molar-refractivity contribution is 14.1. The normalized spacial score (nSPS) is 20.2. The largest absolute Gasteiger partial charge is 0.468 e. The summed E-state index contributed by atoms with van der Waals surface area (Å²) in [5.74, 6) is -0.0262. The van der Waals surface area contributed by atoms with Crippen molar-refractivity contribution in [3.8, 4) is 5.75 Å². The number of nitrogen functional groups attached to an aromatic ring is 1. The van der Waals surface area contributed by atoms with Crippen LogP contribution in [0.25, 0.3) is 11.2 Å². The molecule has 3 aromatic rings. The SMILES string of the molecule is COC(=O)C(C)NP(=O)(OCC1C=CC(n2cnc3c(N)ncnc32)O1)Oc1ccc(I)cc1. The second-order valence-electron chi connectivity index (χ2n) is 7.25. The van der Waals surface area contributed by atoms with Crippen LogP contribution in [0.2, 0.25) is 0 Å². The number of methoxy groups -OCH3 is 1. The van der Waals surface area contributed by atoms with Gasteiger partial charge in [-0.2, -0.15) is 5.09 Å². The zero-order chi connectivity index (χ0) is 24.3. The number of nitrogens with zero attached hydrogens (tertiary/aromatic N) is 4. The molecule has 1 aromatic carbocycles. The maximum absolute atomic E-state index is 13.5. The van der Waals surface area contributed by atoms with Gasteiger partial charge in [-0.05, 0) is 59.9 Å². The fourth-order valence-electron chi connectivity index (χ4n) is 3.16. The molecule has 3 heterocycles. The highest BCUT2D eigenvalue weighted by atomic mass is 127. The lowest BCUT2D eigenvalue weighted by Gasteiger charge is -2.24. The first kappa shape index (κ1) is 24.5. The van der Waals surface area contributed by atoms with E-state index in [2.05, 4.69) is 42.6 Å². The number of esters is 1. The molecule has 0 saturated carbocycles. The van der Waals surface area contributed by atoms with E-state index in [1.165, 1.54) is 20.4 Å². The van der Waals surface area contributed by atoms with Crippen molar-refractivity contribution in [3.63, 3.8) is 0 Å². The molecule has 1 aliphatic heterocycles. The van der Waals surface area contributed by atoms with Crippen LogP contribution in [0.1, 0.15) is 13.2 Å². The molecule has 0 saturated heterocycles. The van der Waals surface area contributed by atoms with Crippen molar-refractivity contribution in [1.82, 2.24) is 24.6 Å². The number of benzene rings is 1. The predicted molar refractivity (Wildman–Crippen MR) is 131 cm³/mol. The van der Waals surface area contributed by atoms with E-state index >= 15 is 0 Å². The van der Waals surface area contributed by atoms with Gasteiger partial charge in [-0.3, -0.25) is 13.9 Å². The minimum atomic E-state index is -3.98. The maximum Gasteiger partial charge on any atom is 0.459 e. The predicted octanol–water partition coefficient (Wildman–Crippen LogP) is 2.82. The number of hydrogen-bond acceptors (Lipinski definition) is 10. The number of nitrogens with two attached hydrogens (primary N) is 1. The molecule has 1 aliphatic rings. The second kappa shape index (κ2) is 10.4. The Morgan fingerprint density at radius 2 is 2.06 bits per heavy atom. The fourth-order valence-corrected chi connectivity index (χ4v) is 5.02. The number of aromatic nitrogens is 4. The smallest absolute Gasteiger partial charge is 0.459 e. The molecule has 0 radical (unpaired) electrons. The molecular weight excluding hydrogens is 578 g/mol. The fraction of sp³-hybridized carbons (Fsp3) is 0.300. The first-order chi connectivity index (χ1) is 16.3. The van der Waals surface area contributed by atoms with E-state index in [0.29, 0.717) is 16.9 Å². The molecule has 2 aromatic heterocycles. The number of nitrogens with one attached hydrogen (secondary N) is 1. The zero-order valence-corrected chi connectivity index (χ0v) is 21.3. The van der Waals surface area contributed by atoms with Crippen LogP contribution in [-0.2, 0) is 23.4 Å². The highest BCUT2D eigenvalue weighted by Crippen LogP contribution is 2.45. The highest BCUT2D eigenvalue weighted by Gasteiger charge is 2.34. The van der Waals surface area contributed by atoms with Crippen molar-refractivity contribution in [2.24, 2.45) is 0 Å². The minimum Gasteiger partial charge on any atom is -0.468 e. The lowest BCUT2D eigenvalue weighted by molar-refractivity contribution is -0.142. The first-order valence-corrected chi connectivity index (χ1v) is 12.7. The van der Waals surface area contributed by atoms with Crippen LogP contribution >= 0.6 is 30.3 Å². The van der Waals surface area contributed by atoms with Gasteiger partial charge >= 0.3 is 13.7 Å². The first-order valence-electron chi connectivity index (χ1n) is 10.1. The third-order valence-electron chi connectivity index (χ3n) is 4.82. The Hall–Kier alpha value is -2.58. The molecule has 4 unspecified atom stereocenters. The van der Waals surface area contributed by atoms with Crippen molar-refractivity contribution >= 4 is 53.3 Å². The van der Waals surface area contributed by atoms with E-state index in [9.17, 15) is 9.36 Å². The number of carbonyl (C=O) groups excluding carboxylic acids is 1. The topological polar surface area (TPSA) is 153 Å². The summed E-state index contributed by atoms with van der Waals surface area (Å²) < 4.78 is 38.1. The maximum atomic E-state index is 13.5. The molecular formula is C20H22IN6O6P.